The van der Waals surface area contributed by atoms with Crippen LogP contribution in [0.4, 0.5) is 4.79 Å². The molecule has 14 heteroatoms. The summed E-state index contributed by atoms with van der Waals surface area (Å²) in [5.74, 6) is -3.65. The average Bonchev–Trinajstić information content (AvgIpc) is 3.31. The number of nitrogens with one attached hydrogen (secondary N) is 4. The standard InChI is InChI=1S/C35H56N6O8/c1-11-13-14-21(27(44)30(46)36-15-12-2)37-29(45)26-25-20(35(25,9)10)16-41(26)31(47)28(34(6,7)8)39-32(48)38-22(33(3,4)5)17-40-23(42)18-49-19-24(40)43/h12,20-22,25-26,28H,2,11,13-19H2,1,3-10H3,(H,36,46)(H,37,45)(H2,38,39,48)/t20-,21?,22+,25-,26-,28+/m0/s1. The van der Waals surface area contributed by atoms with Crippen molar-refractivity contribution in [2.75, 3.05) is 32.8 Å². The Kier molecular flexibility index (Phi) is 12.4. The first-order valence-corrected chi connectivity index (χ1v) is 17.2. The number of carbonyl (C=O) groups excluding carboxylic acids is 7. The molecule has 2 saturated heterocycles. The molecular weight excluding hydrogens is 632 g/mol. The molecule has 4 N–H and O–H groups in total. The first-order valence-electron chi connectivity index (χ1n) is 17.2. The Hall–Kier alpha value is -3.81. The van der Waals surface area contributed by atoms with Gasteiger partial charge in [-0.15, -0.1) is 6.58 Å². The summed E-state index contributed by atoms with van der Waals surface area (Å²) < 4.78 is 5.01. The summed E-state index contributed by atoms with van der Waals surface area (Å²) in [6.07, 6.45) is 3.07. The topological polar surface area (TPSA) is 183 Å². The summed E-state index contributed by atoms with van der Waals surface area (Å²) in [5.41, 5.74) is -1.58. The summed E-state index contributed by atoms with van der Waals surface area (Å²) in [4.78, 5) is 95.0. The Balaban J connectivity index is 1.83. The molecule has 14 nitrogen and oxygen atoms in total. The largest absolute Gasteiger partial charge is 0.362 e. The number of Topliss-reactive ketones (excluding diaryl/α,β-unsaturated/α-hetero) is 1. The number of hydrogen-bond donors (Lipinski definition) is 4. The summed E-state index contributed by atoms with van der Waals surface area (Å²) >= 11 is 0. The summed E-state index contributed by atoms with van der Waals surface area (Å²) in [5, 5.41) is 11.0. The average molecular weight is 689 g/mol. The number of imide groups is 1. The molecule has 7 amide bonds. The zero-order chi connectivity index (χ0) is 37.1. The van der Waals surface area contributed by atoms with Crippen molar-refractivity contribution < 1.29 is 38.3 Å². The number of morpholine rings is 1. The molecule has 3 aliphatic rings. The van der Waals surface area contributed by atoms with E-state index in [0.29, 0.717) is 13.0 Å². The number of likely N-dealkylation sites (tertiary alicyclic amines) is 1. The van der Waals surface area contributed by atoms with Gasteiger partial charge in [0.15, 0.2) is 0 Å². The van der Waals surface area contributed by atoms with E-state index in [9.17, 15) is 33.6 Å². The Morgan fingerprint density at radius 3 is 2.12 bits per heavy atom. The normalized spacial score (nSPS) is 23.5. The predicted molar refractivity (Wildman–Crippen MR) is 182 cm³/mol. The lowest BCUT2D eigenvalue weighted by Gasteiger charge is -2.39. The maximum atomic E-state index is 14.4. The third-order valence-electron chi connectivity index (χ3n) is 10.0. The molecule has 0 aromatic carbocycles. The zero-order valence-corrected chi connectivity index (χ0v) is 30.6. The molecule has 1 aliphatic carbocycles. The van der Waals surface area contributed by atoms with Crippen LogP contribution in [0.2, 0.25) is 0 Å². The summed E-state index contributed by atoms with van der Waals surface area (Å²) in [6, 6.07) is -4.34. The molecule has 6 atom stereocenters. The fourth-order valence-corrected chi connectivity index (χ4v) is 6.75. The number of carbonyl (C=O) groups is 7. The number of rotatable bonds is 14. The third kappa shape index (κ3) is 9.25. The Morgan fingerprint density at radius 2 is 1.59 bits per heavy atom. The minimum atomic E-state index is -1.06. The van der Waals surface area contributed by atoms with Crippen LogP contribution in [0.25, 0.3) is 0 Å². The van der Waals surface area contributed by atoms with Gasteiger partial charge in [-0.25, -0.2) is 4.79 Å². The van der Waals surface area contributed by atoms with Crippen molar-refractivity contribution in [3.05, 3.63) is 12.7 Å². The van der Waals surface area contributed by atoms with Gasteiger partial charge in [0.05, 0.1) is 12.1 Å². The van der Waals surface area contributed by atoms with Gasteiger partial charge in [0.1, 0.15) is 25.3 Å². The van der Waals surface area contributed by atoms with Crippen molar-refractivity contribution in [1.29, 1.82) is 0 Å². The molecule has 274 valence electrons. The van der Waals surface area contributed by atoms with Gasteiger partial charge in [-0.2, -0.15) is 0 Å². The number of ether oxygens (including phenoxy) is 1. The highest BCUT2D eigenvalue weighted by molar-refractivity contribution is 6.38. The van der Waals surface area contributed by atoms with Gasteiger partial charge < -0.3 is 30.9 Å². The Morgan fingerprint density at radius 1 is 0.980 bits per heavy atom. The van der Waals surface area contributed by atoms with Crippen molar-refractivity contribution in [2.45, 2.75) is 106 Å². The molecule has 3 fully saturated rings. The second-order valence-corrected chi connectivity index (χ2v) is 16.2. The lowest BCUT2D eigenvalue weighted by Crippen LogP contribution is -2.63. The maximum Gasteiger partial charge on any atom is 0.315 e. The maximum absolute atomic E-state index is 14.4. The van der Waals surface area contributed by atoms with Crippen LogP contribution in [0, 0.1) is 28.1 Å². The van der Waals surface area contributed by atoms with E-state index in [-0.39, 0.29) is 50.0 Å². The van der Waals surface area contributed by atoms with Crippen molar-refractivity contribution in [3.8, 4) is 0 Å². The van der Waals surface area contributed by atoms with E-state index in [1.54, 1.807) is 20.8 Å². The minimum absolute atomic E-state index is 0.0381. The quantitative estimate of drug-likeness (QED) is 0.120. The van der Waals surface area contributed by atoms with Gasteiger partial charge >= 0.3 is 6.03 Å². The SMILES string of the molecule is C=CCNC(=O)C(=O)C(CCCC)NC(=O)[C@@H]1[C@@H]2[C@H](CN1C(=O)[C@@H](NC(=O)N[C@H](CN1C(=O)COCC1=O)C(C)(C)C)C(C)(C)C)C2(C)C. The molecule has 1 unspecified atom stereocenters. The number of hydrogen-bond acceptors (Lipinski definition) is 8. The fraction of sp³-hybridized carbons (Fsp3) is 0.743. The Bertz CT molecular complexity index is 1320. The van der Waals surface area contributed by atoms with Crippen LogP contribution in [0.5, 0.6) is 0 Å². The van der Waals surface area contributed by atoms with Crippen LogP contribution in [0.15, 0.2) is 12.7 Å². The van der Waals surface area contributed by atoms with Gasteiger partial charge in [-0.3, -0.25) is 33.7 Å². The first kappa shape index (κ1) is 39.6. The molecule has 0 radical (unpaired) electrons. The van der Waals surface area contributed by atoms with Gasteiger partial charge in [-0.1, -0.05) is 81.2 Å². The molecule has 0 bridgehead atoms. The van der Waals surface area contributed by atoms with Crippen LogP contribution in [0.1, 0.15) is 81.6 Å². The van der Waals surface area contributed by atoms with E-state index in [0.717, 1.165) is 11.3 Å². The first-order chi connectivity index (χ1) is 22.7. The lowest BCUT2D eigenvalue weighted by molar-refractivity contribution is -0.159. The lowest BCUT2D eigenvalue weighted by atomic mass is 9.84. The number of ketones is 1. The number of fused-ring (bicyclic) bond motifs is 1. The molecule has 1 saturated carbocycles. The van der Waals surface area contributed by atoms with Crippen LogP contribution < -0.4 is 21.3 Å². The molecule has 2 heterocycles. The summed E-state index contributed by atoms with van der Waals surface area (Å²) in [7, 11) is 0. The molecule has 0 aromatic heterocycles. The van der Waals surface area contributed by atoms with E-state index < -0.39 is 76.3 Å². The number of piperidine rings is 1. The second-order valence-electron chi connectivity index (χ2n) is 16.2. The van der Waals surface area contributed by atoms with E-state index in [1.165, 1.54) is 11.0 Å². The molecule has 0 spiro atoms. The highest BCUT2D eigenvalue weighted by Crippen LogP contribution is 2.65. The smallest absolute Gasteiger partial charge is 0.315 e. The number of amides is 7. The minimum Gasteiger partial charge on any atom is -0.362 e. The molecule has 3 rings (SSSR count). The number of unbranched alkanes of at least 4 members (excludes halogenated alkanes) is 1. The monoisotopic (exact) mass is 688 g/mol. The molecular formula is C35H56N6O8. The summed E-state index contributed by atoms with van der Waals surface area (Å²) in [6.45, 7) is 20.5. The van der Waals surface area contributed by atoms with E-state index in [1.807, 2.05) is 41.5 Å². The molecule has 0 aromatic rings. The van der Waals surface area contributed by atoms with E-state index in [4.69, 9.17) is 4.74 Å². The third-order valence-corrected chi connectivity index (χ3v) is 10.0. The van der Waals surface area contributed by atoms with Gasteiger partial charge in [-0.05, 0) is 34.5 Å². The van der Waals surface area contributed by atoms with Crippen LogP contribution in [0.3, 0.4) is 0 Å². The van der Waals surface area contributed by atoms with Crippen LogP contribution in [-0.4, -0.2) is 108 Å². The van der Waals surface area contributed by atoms with Crippen molar-refractivity contribution >= 4 is 41.4 Å². The van der Waals surface area contributed by atoms with Gasteiger partial charge in [0.25, 0.3) is 17.7 Å². The second kappa shape index (κ2) is 15.4. The molecule has 49 heavy (non-hydrogen) atoms. The number of nitrogens with zero attached hydrogens (tertiary/aromatic N) is 2. The highest BCUT2D eigenvalue weighted by atomic mass is 16.5. The van der Waals surface area contributed by atoms with Gasteiger partial charge in [0, 0.05) is 19.6 Å². The van der Waals surface area contributed by atoms with Crippen molar-refractivity contribution in [2.24, 2.45) is 28.1 Å². The molecule has 2 aliphatic heterocycles. The number of urea groups is 1. The zero-order valence-electron chi connectivity index (χ0n) is 30.6. The fourth-order valence-electron chi connectivity index (χ4n) is 6.75. The van der Waals surface area contributed by atoms with Crippen LogP contribution >= 0.6 is 0 Å². The van der Waals surface area contributed by atoms with Crippen molar-refractivity contribution in [1.82, 2.24) is 31.1 Å². The van der Waals surface area contributed by atoms with E-state index in [2.05, 4.69) is 27.8 Å². The van der Waals surface area contributed by atoms with E-state index >= 15 is 0 Å². The highest BCUT2D eigenvalue weighted by Gasteiger charge is 2.70. The van der Waals surface area contributed by atoms with Crippen molar-refractivity contribution in [3.63, 3.8) is 0 Å². The predicted octanol–water partition coefficient (Wildman–Crippen LogP) is 1.53. The van der Waals surface area contributed by atoms with Crippen LogP contribution in [-0.2, 0) is 33.5 Å². The van der Waals surface area contributed by atoms with Gasteiger partial charge in [0.2, 0.25) is 17.6 Å². The Labute approximate surface area is 289 Å².